The van der Waals surface area contributed by atoms with Gasteiger partial charge in [0.2, 0.25) is 5.91 Å². The Balaban J connectivity index is 1.92. The van der Waals surface area contributed by atoms with Crippen molar-refractivity contribution < 1.29 is 14.3 Å². The van der Waals surface area contributed by atoms with E-state index in [1.54, 1.807) is 24.3 Å². The van der Waals surface area contributed by atoms with Gasteiger partial charge in [-0.05, 0) is 35.4 Å². The van der Waals surface area contributed by atoms with Crippen molar-refractivity contribution >= 4 is 23.3 Å². The number of carbonyl (C=O) groups excluding carboxylic acids is 2. The lowest BCUT2D eigenvalue weighted by Crippen LogP contribution is -2.44. The molecule has 0 atom stereocenters. The molecule has 0 fully saturated rings. The first-order valence-corrected chi connectivity index (χ1v) is 8.49. The van der Waals surface area contributed by atoms with Crippen LogP contribution in [-0.2, 0) is 22.6 Å². The molecule has 0 heterocycles. The maximum Gasteiger partial charge on any atom is 0.324 e. The quantitative estimate of drug-likeness (QED) is 0.522. The first kappa shape index (κ1) is 20.4. The van der Waals surface area contributed by atoms with E-state index in [4.69, 9.17) is 16.2 Å². The van der Waals surface area contributed by atoms with Crippen LogP contribution in [0.1, 0.15) is 11.1 Å². The molecule has 0 aliphatic carbocycles. The van der Waals surface area contributed by atoms with Crippen LogP contribution in [0.3, 0.4) is 0 Å². The van der Waals surface area contributed by atoms with E-state index in [0.717, 1.165) is 11.1 Å². The summed E-state index contributed by atoms with van der Waals surface area (Å²) >= 11 is 0. The van der Waals surface area contributed by atoms with Crippen molar-refractivity contribution in [2.75, 3.05) is 30.6 Å². The molecule has 0 aliphatic heterocycles. The zero-order chi connectivity index (χ0) is 19.6. The Kier molecular flexibility index (Phi) is 7.75. The topological polar surface area (TPSA) is 123 Å². The number of ether oxygens (including phenoxy) is 1. The van der Waals surface area contributed by atoms with Gasteiger partial charge in [0, 0.05) is 31.6 Å². The third-order valence-electron chi connectivity index (χ3n) is 3.86. The van der Waals surface area contributed by atoms with Crippen molar-refractivity contribution in [3.8, 4) is 0 Å². The minimum absolute atomic E-state index is 0.0516. The SMILES string of the molecule is COCN(C(=O)NCC(=O)Nc1ccc(CN)cc1)c1ccc(CN)cc1. The molecule has 0 aromatic heterocycles. The molecule has 0 aliphatic rings. The van der Waals surface area contributed by atoms with Crippen molar-refractivity contribution in [3.63, 3.8) is 0 Å². The molecule has 0 radical (unpaired) electrons. The highest BCUT2D eigenvalue weighted by Crippen LogP contribution is 2.15. The fraction of sp³-hybridized carbons (Fsp3) is 0.263. The van der Waals surface area contributed by atoms with Crippen LogP contribution in [-0.4, -0.2) is 32.3 Å². The minimum Gasteiger partial charge on any atom is -0.364 e. The molecule has 27 heavy (non-hydrogen) atoms. The van der Waals surface area contributed by atoms with Crippen LogP contribution in [0.4, 0.5) is 16.2 Å². The number of benzene rings is 2. The van der Waals surface area contributed by atoms with E-state index >= 15 is 0 Å². The predicted octanol–water partition coefficient (Wildman–Crippen LogP) is 1.36. The summed E-state index contributed by atoms with van der Waals surface area (Å²) in [4.78, 5) is 25.9. The maximum atomic E-state index is 12.4. The second-order valence-electron chi connectivity index (χ2n) is 5.82. The van der Waals surface area contributed by atoms with Crippen molar-refractivity contribution in [2.45, 2.75) is 13.1 Å². The minimum atomic E-state index is -0.439. The van der Waals surface area contributed by atoms with Crippen molar-refractivity contribution in [1.82, 2.24) is 5.32 Å². The van der Waals surface area contributed by atoms with E-state index in [0.29, 0.717) is 24.5 Å². The molecule has 144 valence electrons. The Bertz CT molecular complexity index is 747. The summed E-state index contributed by atoms with van der Waals surface area (Å²) in [7, 11) is 1.49. The Hall–Kier alpha value is -2.94. The van der Waals surface area contributed by atoms with Gasteiger partial charge < -0.3 is 26.8 Å². The number of nitrogens with two attached hydrogens (primary N) is 2. The Morgan fingerprint density at radius 3 is 2.04 bits per heavy atom. The van der Waals surface area contributed by atoms with Gasteiger partial charge in [-0.15, -0.1) is 0 Å². The van der Waals surface area contributed by atoms with Gasteiger partial charge in [-0.25, -0.2) is 4.79 Å². The molecule has 2 aromatic carbocycles. The molecular weight excluding hydrogens is 346 g/mol. The van der Waals surface area contributed by atoms with Crippen LogP contribution in [0.25, 0.3) is 0 Å². The number of methoxy groups -OCH3 is 1. The second kappa shape index (κ2) is 10.3. The van der Waals surface area contributed by atoms with Gasteiger partial charge in [-0.2, -0.15) is 0 Å². The summed E-state index contributed by atoms with van der Waals surface area (Å²) in [5.41, 5.74) is 14.3. The molecule has 0 saturated heterocycles. The van der Waals surface area contributed by atoms with E-state index in [1.165, 1.54) is 12.0 Å². The van der Waals surface area contributed by atoms with Crippen LogP contribution >= 0.6 is 0 Å². The largest absolute Gasteiger partial charge is 0.364 e. The fourth-order valence-corrected chi connectivity index (χ4v) is 2.37. The zero-order valence-corrected chi connectivity index (χ0v) is 15.3. The number of urea groups is 1. The number of carbonyl (C=O) groups is 2. The third-order valence-corrected chi connectivity index (χ3v) is 3.86. The highest BCUT2D eigenvalue weighted by Gasteiger charge is 2.16. The van der Waals surface area contributed by atoms with Gasteiger partial charge in [-0.3, -0.25) is 9.69 Å². The molecule has 6 N–H and O–H groups in total. The van der Waals surface area contributed by atoms with Crippen LogP contribution in [0.2, 0.25) is 0 Å². The lowest BCUT2D eigenvalue weighted by atomic mass is 10.2. The predicted molar refractivity (Wildman–Crippen MR) is 105 cm³/mol. The van der Waals surface area contributed by atoms with Crippen molar-refractivity contribution in [3.05, 3.63) is 59.7 Å². The summed E-state index contributed by atoms with van der Waals surface area (Å²) in [5.74, 6) is -0.334. The van der Waals surface area contributed by atoms with E-state index in [1.807, 2.05) is 24.3 Å². The molecule has 0 saturated carbocycles. The molecule has 0 bridgehead atoms. The fourth-order valence-electron chi connectivity index (χ4n) is 2.37. The zero-order valence-electron chi connectivity index (χ0n) is 15.3. The summed E-state index contributed by atoms with van der Waals surface area (Å²) in [6.07, 6.45) is 0. The van der Waals surface area contributed by atoms with Crippen LogP contribution in [0.5, 0.6) is 0 Å². The van der Waals surface area contributed by atoms with E-state index < -0.39 is 6.03 Å². The summed E-state index contributed by atoms with van der Waals surface area (Å²) in [6, 6.07) is 14.0. The summed E-state index contributed by atoms with van der Waals surface area (Å²) in [6.45, 7) is 0.740. The summed E-state index contributed by atoms with van der Waals surface area (Å²) < 4.78 is 5.09. The standard InChI is InChI=1S/C19H25N5O3/c1-27-13-24(17-8-4-15(11-21)5-9-17)19(26)22-12-18(25)23-16-6-2-14(10-20)3-7-16/h2-9H,10-13,20-21H2,1H3,(H,22,26)(H,23,25). The molecule has 0 spiro atoms. The van der Waals surface area contributed by atoms with Gasteiger partial charge in [0.25, 0.3) is 0 Å². The molecule has 3 amide bonds. The highest BCUT2D eigenvalue weighted by atomic mass is 16.5. The number of hydrogen-bond donors (Lipinski definition) is 4. The van der Waals surface area contributed by atoms with E-state index in [-0.39, 0.29) is 19.2 Å². The molecular formula is C19H25N5O3. The van der Waals surface area contributed by atoms with Gasteiger partial charge in [-0.1, -0.05) is 24.3 Å². The number of rotatable bonds is 8. The van der Waals surface area contributed by atoms with Crippen LogP contribution in [0, 0.1) is 0 Å². The Labute approximate surface area is 158 Å². The van der Waals surface area contributed by atoms with E-state index in [2.05, 4.69) is 10.6 Å². The Morgan fingerprint density at radius 2 is 1.52 bits per heavy atom. The normalized spacial score (nSPS) is 10.3. The lowest BCUT2D eigenvalue weighted by molar-refractivity contribution is -0.115. The van der Waals surface area contributed by atoms with E-state index in [9.17, 15) is 9.59 Å². The van der Waals surface area contributed by atoms with Gasteiger partial charge in [0.05, 0.1) is 6.54 Å². The summed E-state index contributed by atoms with van der Waals surface area (Å²) in [5, 5.41) is 5.30. The number of anilines is 2. The first-order chi connectivity index (χ1) is 13.1. The monoisotopic (exact) mass is 371 g/mol. The highest BCUT2D eigenvalue weighted by molar-refractivity contribution is 5.97. The second-order valence-corrected chi connectivity index (χ2v) is 5.82. The van der Waals surface area contributed by atoms with Gasteiger partial charge in [0.1, 0.15) is 6.73 Å². The van der Waals surface area contributed by atoms with Crippen LogP contribution in [0.15, 0.2) is 48.5 Å². The maximum absolute atomic E-state index is 12.4. The molecule has 2 rings (SSSR count). The smallest absolute Gasteiger partial charge is 0.324 e. The third kappa shape index (κ3) is 6.07. The van der Waals surface area contributed by atoms with Crippen LogP contribution < -0.4 is 27.0 Å². The average molecular weight is 371 g/mol. The molecule has 2 aromatic rings. The van der Waals surface area contributed by atoms with Gasteiger partial charge >= 0.3 is 6.03 Å². The number of amides is 3. The number of nitrogens with zero attached hydrogens (tertiary/aromatic N) is 1. The average Bonchev–Trinajstić information content (AvgIpc) is 2.71. The molecule has 8 nitrogen and oxygen atoms in total. The first-order valence-electron chi connectivity index (χ1n) is 8.49. The molecule has 0 unspecified atom stereocenters. The lowest BCUT2D eigenvalue weighted by Gasteiger charge is -2.22. The van der Waals surface area contributed by atoms with Crippen molar-refractivity contribution in [1.29, 1.82) is 0 Å². The molecule has 8 heteroatoms. The number of nitrogens with one attached hydrogen (secondary N) is 2. The van der Waals surface area contributed by atoms with Crippen molar-refractivity contribution in [2.24, 2.45) is 11.5 Å². The van der Waals surface area contributed by atoms with Gasteiger partial charge in [0.15, 0.2) is 0 Å². The number of hydrogen-bond acceptors (Lipinski definition) is 5. The Morgan fingerprint density at radius 1 is 0.963 bits per heavy atom.